The van der Waals surface area contributed by atoms with E-state index in [2.05, 4.69) is 338 Å². The molecular formula is C96H70BClIN4O2S2Si2. The van der Waals surface area contributed by atoms with Gasteiger partial charge in [0, 0.05) is 74.5 Å². The Kier molecular flexibility index (Phi) is 20.3. The lowest BCUT2D eigenvalue weighted by molar-refractivity contribution is 0.431. The summed E-state index contributed by atoms with van der Waals surface area (Å²) in [5.74, 6) is 0.758. The summed E-state index contributed by atoms with van der Waals surface area (Å²) < 4.78 is 10.4. The molecule has 18 aromatic rings. The molecule has 20 rings (SSSR count). The van der Waals surface area contributed by atoms with E-state index in [0.29, 0.717) is 7.69 Å². The maximum absolute atomic E-state index is 8.99. The summed E-state index contributed by atoms with van der Waals surface area (Å²) in [7, 11) is -4.68. The number of aromatic nitrogens is 4. The van der Waals surface area contributed by atoms with E-state index in [1.54, 1.807) is 6.20 Å². The second-order valence-corrected chi connectivity index (χ2v) is 37.6. The second-order valence-electron chi connectivity index (χ2n) is 27.4. The van der Waals surface area contributed by atoms with Gasteiger partial charge in [-0.15, -0.1) is 46.7 Å². The van der Waals surface area contributed by atoms with Crippen LogP contribution in [0.15, 0.2) is 364 Å². The van der Waals surface area contributed by atoms with Gasteiger partial charge in [-0.25, -0.2) is 15.0 Å². The molecule has 0 aliphatic heterocycles. The average Bonchev–Trinajstić information content (AvgIpc) is 1.60. The third kappa shape index (κ3) is 13.3. The summed E-state index contributed by atoms with van der Waals surface area (Å²) in [6, 6.07) is 127. The Morgan fingerprint density at radius 3 is 1.17 bits per heavy atom. The van der Waals surface area contributed by atoms with Crippen molar-refractivity contribution in [3.05, 3.63) is 392 Å². The quantitative estimate of drug-likeness (QED) is 0.0704. The van der Waals surface area contributed by atoms with Gasteiger partial charge in [-0.2, -0.15) is 4.98 Å². The summed E-state index contributed by atoms with van der Waals surface area (Å²) in [5.41, 5.74) is 15.9. The Labute approximate surface area is 667 Å². The van der Waals surface area contributed by atoms with E-state index in [1.165, 1.54) is 126 Å². The lowest BCUT2D eigenvalue weighted by Gasteiger charge is -2.34. The number of halogens is 2. The molecule has 6 nitrogen and oxygen atoms in total. The molecule has 0 unspecified atom stereocenters. The minimum atomic E-state index is -2.66. The Balaban J connectivity index is 0.000000130. The van der Waals surface area contributed by atoms with E-state index in [-0.39, 0.29) is 30.0 Å². The largest absolute Gasteiger partial charge is 0.571 e. The first kappa shape index (κ1) is 70.9. The molecule has 523 valence electrons. The van der Waals surface area contributed by atoms with E-state index in [1.807, 2.05) is 53.1 Å². The predicted octanol–water partition coefficient (Wildman–Crippen LogP) is 18.8. The van der Waals surface area contributed by atoms with Gasteiger partial charge in [0.2, 0.25) is 0 Å². The molecule has 0 saturated heterocycles. The third-order valence-electron chi connectivity index (χ3n) is 21.4. The highest BCUT2D eigenvalue weighted by Gasteiger charge is 2.43. The molecule has 0 saturated carbocycles. The molecule has 109 heavy (non-hydrogen) atoms. The van der Waals surface area contributed by atoms with Crippen molar-refractivity contribution >= 4 is 164 Å². The number of hydrogen-bond donors (Lipinski definition) is 1. The minimum Gasteiger partial charge on any atom is -0.509 e. The van der Waals surface area contributed by atoms with Crippen molar-refractivity contribution in [3.63, 3.8) is 0 Å². The van der Waals surface area contributed by atoms with Crippen molar-refractivity contribution < 1.29 is 9.68 Å². The van der Waals surface area contributed by atoms with Crippen LogP contribution in [0.25, 0.3) is 96.5 Å². The summed E-state index contributed by atoms with van der Waals surface area (Å²) in [6.45, 7) is 0. The fourth-order valence-electron chi connectivity index (χ4n) is 16.7. The Morgan fingerprint density at radius 2 is 0.716 bits per heavy atom. The van der Waals surface area contributed by atoms with Crippen molar-refractivity contribution in [3.8, 4) is 62.2 Å². The zero-order valence-corrected chi connectivity index (χ0v) is 66.0. The molecule has 0 atom stereocenters. The van der Waals surface area contributed by atoms with Crippen molar-refractivity contribution in [1.82, 2.24) is 19.9 Å². The van der Waals surface area contributed by atoms with Crippen molar-refractivity contribution in [1.29, 1.82) is 0 Å². The van der Waals surface area contributed by atoms with E-state index < -0.39 is 16.1 Å². The molecular weight excluding hydrogens is 1530 g/mol. The van der Waals surface area contributed by atoms with Crippen LogP contribution >= 0.6 is 58.3 Å². The lowest BCUT2D eigenvalue weighted by atomic mass is 9.82. The van der Waals surface area contributed by atoms with Crippen LogP contribution in [0.5, 0.6) is 6.01 Å². The topological polar surface area (TPSA) is 81.0 Å². The molecule has 4 aromatic heterocycles. The van der Waals surface area contributed by atoms with Crippen molar-refractivity contribution in [2.75, 3.05) is 0 Å². The van der Waals surface area contributed by atoms with Crippen LogP contribution in [-0.2, 0) is 25.7 Å². The molecule has 1 N–H and O–H groups in total. The number of benzene rings is 14. The number of thiophene rings is 2. The average molecular weight is 1610 g/mol. The van der Waals surface area contributed by atoms with Gasteiger partial charge in [0.15, 0.2) is 22.0 Å². The Bertz CT molecular complexity index is 6130. The first-order valence-electron chi connectivity index (χ1n) is 36.5. The van der Waals surface area contributed by atoms with Crippen LogP contribution < -0.4 is 46.1 Å². The molecule has 2 aliphatic rings. The van der Waals surface area contributed by atoms with Gasteiger partial charge in [-0.05, 0) is 166 Å². The van der Waals surface area contributed by atoms with Gasteiger partial charge in [-0.3, -0.25) is 0 Å². The molecule has 1 radical (unpaired) electrons. The first-order chi connectivity index (χ1) is 53.4. The molecule has 2 aliphatic carbocycles. The summed E-state index contributed by atoms with van der Waals surface area (Å²) >= 11 is 9.97. The minimum absolute atomic E-state index is 0. The van der Waals surface area contributed by atoms with Crippen LogP contribution in [0.2, 0.25) is 5.02 Å². The van der Waals surface area contributed by atoms with E-state index in [0.717, 1.165) is 64.6 Å². The Morgan fingerprint density at radius 1 is 0.330 bits per heavy atom. The normalized spacial score (nSPS) is 12.1. The zero-order valence-electron chi connectivity index (χ0n) is 59.3. The van der Waals surface area contributed by atoms with Crippen LogP contribution in [-0.4, -0.2) is 48.8 Å². The van der Waals surface area contributed by atoms with E-state index >= 15 is 0 Å². The van der Waals surface area contributed by atoms with Gasteiger partial charge < -0.3 is 9.68 Å². The summed E-state index contributed by atoms with van der Waals surface area (Å²) in [5, 5.41) is 26.0. The number of rotatable bonds is 13. The SMILES string of the molecule is Clc1ccc2c(c1)CCc1ccc3sc4ccccc4c3c1-2.I.O[B]Oc1nccc(-c2cccc([Si](c3ccccc3)(c3ccccc3)c3ccccc3)c2)n1.c1ccc([Si](c2ccccc2)(c2ccccc2)c2cccc(-c3ccnc(-c4ccc5c(c4)CCc4ccc6sc7ccccc7c6c4-5)n3)c2)cc1. The highest BCUT2D eigenvalue weighted by atomic mass is 127. The monoisotopic (exact) mass is 1600 g/mol. The van der Waals surface area contributed by atoms with Gasteiger partial charge in [0.05, 0.1) is 11.4 Å². The van der Waals surface area contributed by atoms with Gasteiger partial charge >= 0.3 is 7.69 Å². The molecule has 0 spiro atoms. The van der Waals surface area contributed by atoms with E-state index in [4.69, 9.17) is 31.2 Å². The zero-order chi connectivity index (χ0) is 72.4. The fourth-order valence-corrected chi connectivity index (χ4v) is 28.7. The number of hydrogen-bond acceptors (Lipinski definition) is 8. The second kappa shape index (κ2) is 31.3. The third-order valence-corrected chi connectivity index (χ3v) is 33.5. The fraction of sp³-hybridized carbons (Fsp3) is 0.0417. The van der Waals surface area contributed by atoms with Gasteiger partial charge in [0.25, 0.3) is 6.01 Å². The maximum atomic E-state index is 8.99. The Hall–Kier alpha value is -11.0. The maximum Gasteiger partial charge on any atom is 0.571 e. The van der Waals surface area contributed by atoms with Crippen LogP contribution in [0.3, 0.4) is 0 Å². The van der Waals surface area contributed by atoms with Gasteiger partial charge in [-0.1, -0.05) is 309 Å². The van der Waals surface area contributed by atoms with Crippen molar-refractivity contribution in [2.45, 2.75) is 25.7 Å². The smallest absolute Gasteiger partial charge is 0.509 e. The molecule has 14 aromatic carbocycles. The van der Waals surface area contributed by atoms with Crippen LogP contribution in [0.4, 0.5) is 0 Å². The molecule has 0 amide bonds. The van der Waals surface area contributed by atoms with Crippen molar-refractivity contribution in [2.24, 2.45) is 0 Å². The summed E-state index contributed by atoms with van der Waals surface area (Å²) in [6.07, 6.45) is 7.77. The lowest BCUT2D eigenvalue weighted by Crippen LogP contribution is -2.74. The molecule has 4 heterocycles. The van der Waals surface area contributed by atoms with E-state index in [9.17, 15) is 0 Å². The number of aryl methyl sites for hydroxylation is 4. The highest BCUT2D eigenvalue weighted by molar-refractivity contribution is 14.0. The molecule has 0 bridgehead atoms. The highest BCUT2D eigenvalue weighted by Crippen LogP contribution is 2.47. The standard InChI is InChI=1S/C48H34N2SSi.C28H22BN2O2Si.C20H13ClS.HI/c1-4-14-37(15-5-1)52(38-16-6-2-7-17-38,39-18-8-3-9-19-39)40-20-12-13-35(32-40)43-29-30-49-48(50-43)36-25-27-41-34(31-36)24-23-33-26-28-45-47(46(33)41)42-21-10-11-22-44(42)51-45;32-29-33-28-30-20-19-27(31-28)22-11-10-18-26(21-22)34(23-12-4-1-5-13-23,24-14-6-2-7-15-24)25-16-8-3-9-17-25;21-14-8-9-15-13(11-14)6-5-12-7-10-18-20(19(12)15)16-3-1-2-4-17(16)22-18;/h1-22,25-32H,23-24H2;1-21,32H;1-4,7-11H,5-6H2;1H. The predicted molar refractivity (Wildman–Crippen MR) is 475 cm³/mol. The van der Waals surface area contributed by atoms with Gasteiger partial charge in [0.1, 0.15) is 0 Å². The number of fused-ring (bicyclic) bond motifs is 14. The first-order valence-corrected chi connectivity index (χ1v) is 42.5. The van der Waals surface area contributed by atoms with Crippen LogP contribution in [0.1, 0.15) is 22.3 Å². The van der Waals surface area contributed by atoms with Crippen LogP contribution in [0, 0.1) is 0 Å². The molecule has 13 heteroatoms. The summed E-state index contributed by atoms with van der Waals surface area (Å²) in [4.78, 5) is 18.6. The number of nitrogens with zero attached hydrogens (tertiary/aromatic N) is 4. The molecule has 0 fully saturated rings.